The highest BCUT2D eigenvalue weighted by Gasteiger charge is 2.10. The predicted molar refractivity (Wildman–Crippen MR) is 58.1 cm³/mol. The average Bonchev–Trinajstić information content (AvgIpc) is 2.27. The standard InChI is InChI=1S/C11H17NO3/c1-8-9(7-12-15-4)5-6-10(13-2)11(8)14-3/h5-6,12H,7H2,1-4H3. The number of hydrogen-bond acceptors (Lipinski definition) is 4. The second-order valence-corrected chi connectivity index (χ2v) is 3.11. The van der Waals surface area contributed by atoms with Crippen molar-refractivity contribution >= 4 is 0 Å². The summed E-state index contributed by atoms with van der Waals surface area (Å²) in [6.45, 7) is 2.64. The SMILES string of the molecule is CONCc1ccc(OC)c(OC)c1C. The van der Waals surface area contributed by atoms with Crippen LogP contribution in [0.2, 0.25) is 0 Å². The molecule has 0 fully saturated rings. The Kier molecular flexibility index (Phi) is 4.39. The fourth-order valence-electron chi connectivity index (χ4n) is 1.46. The maximum Gasteiger partial charge on any atom is 0.163 e. The molecular formula is C11H17NO3. The smallest absolute Gasteiger partial charge is 0.163 e. The van der Waals surface area contributed by atoms with Crippen LogP contribution in [0, 0.1) is 6.92 Å². The zero-order valence-corrected chi connectivity index (χ0v) is 9.59. The van der Waals surface area contributed by atoms with Crippen LogP contribution in [-0.4, -0.2) is 21.3 Å². The number of hydroxylamine groups is 1. The van der Waals surface area contributed by atoms with Gasteiger partial charge in [0.25, 0.3) is 0 Å². The molecule has 0 atom stereocenters. The number of rotatable bonds is 5. The molecule has 0 spiro atoms. The van der Waals surface area contributed by atoms with Gasteiger partial charge >= 0.3 is 0 Å². The van der Waals surface area contributed by atoms with Crippen molar-refractivity contribution in [1.82, 2.24) is 5.48 Å². The van der Waals surface area contributed by atoms with Crippen LogP contribution in [0.15, 0.2) is 12.1 Å². The molecule has 0 radical (unpaired) electrons. The molecule has 1 aromatic carbocycles. The lowest BCUT2D eigenvalue weighted by Crippen LogP contribution is -2.12. The van der Waals surface area contributed by atoms with Gasteiger partial charge in [0.2, 0.25) is 0 Å². The Hall–Kier alpha value is -1.26. The van der Waals surface area contributed by atoms with Gasteiger partial charge in [-0.2, -0.15) is 5.48 Å². The van der Waals surface area contributed by atoms with Crippen LogP contribution in [0.5, 0.6) is 11.5 Å². The van der Waals surface area contributed by atoms with E-state index >= 15 is 0 Å². The van der Waals surface area contributed by atoms with E-state index in [0.29, 0.717) is 6.54 Å². The molecule has 0 unspecified atom stereocenters. The molecule has 0 amide bonds. The Morgan fingerprint density at radius 1 is 1.13 bits per heavy atom. The topological polar surface area (TPSA) is 39.7 Å². The normalized spacial score (nSPS) is 10.1. The summed E-state index contributed by atoms with van der Waals surface area (Å²) in [5.74, 6) is 1.52. The Bertz CT molecular complexity index is 326. The van der Waals surface area contributed by atoms with Crippen molar-refractivity contribution in [2.45, 2.75) is 13.5 Å². The van der Waals surface area contributed by atoms with Crippen molar-refractivity contribution in [2.75, 3.05) is 21.3 Å². The Balaban J connectivity index is 3.00. The lowest BCUT2D eigenvalue weighted by molar-refractivity contribution is 0.0865. The maximum atomic E-state index is 5.29. The van der Waals surface area contributed by atoms with E-state index < -0.39 is 0 Å². The van der Waals surface area contributed by atoms with Gasteiger partial charge in [0.05, 0.1) is 21.3 Å². The van der Waals surface area contributed by atoms with E-state index in [2.05, 4.69) is 5.48 Å². The van der Waals surface area contributed by atoms with Crippen LogP contribution < -0.4 is 15.0 Å². The molecule has 1 rings (SSSR count). The van der Waals surface area contributed by atoms with Gasteiger partial charge in [0.15, 0.2) is 11.5 Å². The van der Waals surface area contributed by atoms with E-state index in [1.165, 1.54) is 0 Å². The fraction of sp³-hybridized carbons (Fsp3) is 0.455. The first kappa shape index (κ1) is 11.8. The molecule has 1 N–H and O–H groups in total. The van der Waals surface area contributed by atoms with Gasteiger partial charge < -0.3 is 14.3 Å². The van der Waals surface area contributed by atoms with Crippen molar-refractivity contribution in [2.24, 2.45) is 0 Å². The second-order valence-electron chi connectivity index (χ2n) is 3.11. The molecule has 0 saturated carbocycles. The summed E-state index contributed by atoms with van der Waals surface area (Å²) in [4.78, 5) is 4.81. The third kappa shape index (κ3) is 2.61. The van der Waals surface area contributed by atoms with Gasteiger partial charge in [-0.3, -0.25) is 0 Å². The molecule has 1 aromatic rings. The Labute approximate surface area is 90.1 Å². The molecular weight excluding hydrogens is 194 g/mol. The third-order valence-corrected chi connectivity index (χ3v) is 2.31. The van der Waals surface area contributed by atoms with Crippen LogP contribution >= 0.6 is 0 Å². The lowest BCUT2D eigenvalue weighted by atomic mass is 10.1. The summed E-state index contributed by atoms with van der Waals surface area (Å²) >= 11 is 0. The lowest BCUT2D eigenvalue weighted by Gasteiger charge is -2.14. The predicted octanol–water partition coefficient (Wildman–Crippen LogP) is 1.66. The summed E-state index contributed by atoms with van der Waals surface area (Å²) in [6, 6.07) is 3.88. The number of ether oxygens (including phenoxy) is 2. The van der Waals surface area contributed by atoms with E-state index in [4.69, 9.17) is 14.3 Å². The van der Waals surface area contributed by atoms with Gasteiger partial charge in [-0.15, -0.1) is 0 Å². The second kappa shape index (κ2) is 5.58. The molecule has 0 aliphatic rings. The minimum atomic E-state index is 0.642. The van der Waals surface area contributed by atoms with Crippen molar-refractivity contribution in [1.29, 1.82) is 0 Å². The first-order chi connectivity index (χ1) is 7.24. The van der Waals surface area contributed by atoms with E-state index in [9.17, 15) is 0 Å². The van der Waals surface area contributed by atoms with Gasteiger partial charge in [-0.25, -0.2) is 0 Å². The fourth-order valence-corrected chi connectivity index (χ4v) is 1.46. The molecule has 15 heavy (non-hydrogen) atoms. The monoisotopic (exact) mass is 211 g/mol. The Morgan fingerprint density at radius 2 is 1.87 bits per heavy atom. The van der Waals surface area contributed by atoms with Crippen molar-refractivity contribution in [3.63, 3.8) is 0 Å². The van der Waals surface area contributed by atoms with E-state index in [-0.39, 0.29) is 0 Å². The van der Waals surface area contributed by atoms with Crippen LogP contribution in [0.25, 0.3) is 0 Å². The zero-order valence-electron chi connectivity index (χ0n) is 9.59. The molecule has 0 bridgehead atoms. The van der Waals surface area contributed by atoms with E-state index in [0.717, 1.165) is 22.6 Å². The van der Waals surface area contributed by atoms with Gasteiger partial charge in [-0.1, -0.05) is 6.07 Å². The molecule has 0 aromatic heterocycles. The Morgan fingerprint density at radius 3 is 2.40 bits per heavy atom. The van der Waals surface area contributed by atoms with Crippen molar-refractivity contribution in [3.05, 3.63) is 23.3 Å². The molecule has 4 nitrogen and oxygen atoms in total. The average molecular weight is 211 g/mol. The summed E-state index contributed by atoms with van der Waals surface area (Å²) in [6.07, 6.45) is 0. The maximum absolute atomic E-state index is 5.29. The van der Waals surface area contributed by atoms with Crippen molar-refractivity contribution < 1.29 is 14.3 Å². The third-order valence-electron chi connectivity index (χ3n) is 2.31. The van der Waals surface area contributed by atoms with Crippen LogP contribution in [0.1, 0.15) is 11.1 Å². The highest BCUT2D eigenvalue weighted by atomic mass is 16.6. The number of benzene rings is 1. The van der Waals surface area contributed by atoms with Crippen LogP contribution in [0.4, 0.5) is 0 Å². The minimum Gasteiger partial charge on any atom is -0.493 e. The summed E-state index contributed by atoms with van der Waals surface area (Å²) in [7, 11) is 4.86. The van der Waals surface area contributed by atoms with Gasteiger partial charge in [0.1, 0.15) is 0 Å². The largest absolute Gasteiger partial charge is 0.493 e. The minimum absolute atomic E-state index is 0.642. The summed E-state index contributed by atoms with van der Waals surface area (Å²) in [5.41, 5.74) is 4.97. The van der Waals surface area contributed by atoms with Gasteiger partial charge in [-0.05, 0) is 24.1 Å². The molecule has 0 heterocycles. The first-order valence-corrected chi connectivity index (χ1v) is 4.70. The molecule has 4 heteroatoms. The number of hydrogen-bond donors (Lipinski definition) is 1. The van der Waals surface area contributed by atoms with Gasteiger partial charge in [0, 0.05) is 6.54 Å². The van der Waals surface area contributed by atoms with E-state index in [1.54, 1.807) is 21.3 Å². The molecule has 84 valence electrons. The van der Waals surface area contributed by atoms with Crippen molar-refractivity contribution in [3.8, 4) is 11.5 Å². The highest BCUT2D eigenvalue weighted by Crippen LogP contribution is 2.32. The quantitative estimate of drug-likeness (QED) is 0.752. The molecule has 0 saturated heterocycles. The van der Waals surface area contributed by atoms with Crippen LogP contribution in [0.3, 0.4) is 0 Å². The van der Waals surface area contributed by atoms with E-state index in [1.807, 2.05) is 19.1 Å². The number of methoxy groups -OCH3 is 2. The number of nitrogens with one attached hydrogen (secondary N) is 1. The molecule has 0 aliphatic carbocycles. The summed E-state index contributed by atoms with van der Waals surface area (Å²) in [5, 5.41) is 0. The summed E-state index contributed by atoms with van der Waals surface area (Å²) < 4.78 is 10.5. The molecule has 0 aliphatic heterocycles. The highest BCUT2D eigenvalue weighted by molar-refractivity contribution is 5.50. The van der Waals surface area contributed by atoms with Crippen LogP contribution in [-0.2, 0) is 11.4 Å². The first-order valence-electron chi connectivity index (χ1n) is 4.70. The zero-order chi connectivity index (χ0) is 11.3.